The van der Waals surface area contributed by atoms with Crippen LogP contribution in [0.25, 0.3) is 0 Å². The quantitative estimate of drug-likeness (QED) is 0.349. The Morgan fingerprint density at radius 1 is 1.39 bits per heavy atom. The SMILES string of the molecule is CC(N)P(=O)(O)OC[C@H](N)C(=O)N[C@@H](C)C(=O)O. The van der Waals surface area contributed by atoms with Crippen LogP contribution < -0.4 is 16.8 Å². The number of carboxylic acids is 1. The van der Waals surface area contributed by atoms with Gasteiger partial charge >= 0.3 is 13.6 Å². The van der Waals surface area contributed by atoms with E-state index in [2.05, 4.69) is 9.84 Å². The molecule has 0 spiro atoms. The third-order valence-electron chi connectivity index (χ3n) is 2.02. The van der Waals surface area contributed by atoms with Gasteiger partial charge in [-0.1, -0.05) is 0 Å². The molecule has 0 aromatic heterocycles. The van der Waals surface area contributed by atoms with Crippen molar-refractivity contribution in [2.75, 3.05) is 6.61 Å². The molecule has 9 nitrogen and oxygen atoms in total. The molecule has 7 N–H and O–H groups in total. The van der Waals surface area contributed by atoms with Crippen molar-refractivity contribution in [2.45, 2.75) is 31.7 Å². The molecule has 0 radical (unpaired) electrons. The maximum atomic E-state index is 11.4. The molecule has 0 bridgehead atoms. The van der Waals surface area contributed by atoms with Crippen LogP contribution >= 0.6 is 7.60 Å². The highest BCUT2D eigenvalue weighted by atomic mass is 31.2. The molecule has 0 fully saturated rings. The summed E-state index contributed by atoms with van der Waals surface area (Å²) in [4.78, 5) is 31.1. The van der Waals surface area contributed by atoms with Gasteiger partial charge in [0.2, 0.25) is 5.91 Å². The number of hydrogen-bond acceptors (Lipinski definition) is 6. The van der Waals surface area contributed by atoms with Gasteiger partial charge in [0.25, 0.3) is 0 Å². The Morgan fingerprint density at radius 2 is 1.89 bits per heavy atom. The van der Waals surface area contributed by atoms with Gasteiger partial charge in [-0.15, -0.1) is 0 Å². The molecule has 0 aromatic carbocycles. The number of carboxylic acid groups (broad SMARTS) is 1. The van der Waals surface area contributed by atoms with Gasteiger partial charge in [-0.25, -0.2) is 0 Å². The Labute approximate surface area is 104 Å². The number of nitrogens with two attached hydrogens (primary N) is 2. The van der Waals surface area contributed by atoms with Crippen molar-refractivity contribution in [3.63, 3.8) is 0 Å². The zero-order chi connectivity index (χ0) is 14.5. The molecule has 0 aliphatic rings. The molecule has 0 heterocycles. The number of amides is 1. The molecule has 0 aliphatic heterocycles. The van der Waals surface area contributed by atoms with Crippen LogP contribution in [0.15, 0.2) is 0 Å². The highest BCUT2D eigenvalue weighted by Crippen LogP contribution is 2.44. The summed E-state index contributed by atoms with van der Waals surface area (Å²) in [6.07, 6.45) is 0. The molecule has 18 heavy (non-hydrogen) atoms. The first kappa shape index (κ1) is 17.0. The van der Waals surface area contributed by atoms with Crippen LogP contribution in [0.4, 0.5) is 0 Å². The lowest BCUT2D eigenvalue weighted by Crippen LogP contribution is -2.49. The van der Waals surface area contributed by atoms with E-state index in [-0.39, 0.29) is 0 Å². The predicted molar refractivity (Wildman–Crippen MR) is 62.6 cm³/mol. The van der Waals surface area contributed by atoms with Crippen LogP contribution in [0.5, 0.6) is 0 Å². The Morgan fingerprint density at radius 3 is 2.28 bits per heavy atom. The van der Waals surface area contributed by atoms with Crippen LogP contribution in [-0.4, -0.2) is 46.3 Å². The molecular formula is C8H18N3O6P. The van der Waals surface area contributed by atoms with Gasteiger partial charge in [0.15, 0.2) is 0 Å². The van der Waals surface area contributed by atoms with Gasteiger partial charge in [0.05, 0.1) is 6.61 Å². The summed E-state index contributed by atoms with van der Waals surface area (Å²) in [5.41, 5.74) is 10.6. The fraction of sp³-hybridized carbons (Fsp3) is 0.750. The van der Waals surface area contributed by atoms with E-state index in [1.54, 1.807) is 0 Å². The summed E-state index contributed by atoms with van der Waals surface area (Å²) in [6, 6.07) is -2.37. The second kappa shape index (κ2) is 6.81. The first-order valence-electron chi connectivity index (χ1n) is 5.09. The smallest absolute Gasteiger partial charge is 0.344 e. The Kier molecular flexibility index (Phi) is 6.44. The molecule has 0 aromatic rings. The molecule has 106 valence electrons. The molecule has 2 unspecified atom stereocenters. The van der Waals surface area contributed by atoms with Crippen molar-refractivity contribution in [3.8, 4) is 0 Å². The van der Waals surface area contributed by atoms with Gasteiger partial charge in [-0.05, 0) is 13.8 Å². The topological polar surface area (TPSA) is 165 Å². The zero-order valence-corrected chi connectivity index (χ0v) is 11.0. The van der Waals surface area contributed by atoms with E-state index in [4.69, 9.17) is 16.6 Å². The number of hydrogen-bond donors (Lipinski definition) is 5. The van der Waals surface area contributed by atoms with Crippen LogP contribution in [-0.2, 0) is 18.7 Å². The highest BCUT2D eigenvalue weighted by Gasteiger charge is 2.28. The summed E-state index contributed by atoms with van der Waals surface area (Å²) >= 11 is 0. The van der Waals surface area contributed by atoms with Crippen molar-refractivity contribution in [1.29, 1.82) is 0 Å². The number of carbonyl (C=O) groups excluding carboxylic acids is 1. The van der Waals surface area contributed by atoms with Gasteiger partial charge in [0.1, 0.15) is 17.9 Å². The van der Waals surface area contributed by atoms with E-state index >= 15 is 0 Å². The Hall–Kier alpha value is -0.990. The molecular weight excluding hydrogens is 265 g/mol. The van der Waals surface area contributed by atoms with Gasteiger partial charge in [-0.3, -0.25) is 14.2 Å². The second-order valence-corrected chi connectivity index (χ2v) is 5.98. The minimum Gasteiger partial charge on any atom is -0.480 e. The standard InChI is InChI=1S/C8H18N3O6P/c1-4(8(13)14)11-7(12)6(10)3-17-18(15,16)5(2)9/h4-6H,3,9-10H2,1-2H3,(H,11,12)(H,13,14)(H,15,16)/t4-,5?,6-/m0/s1. The number of carbonyl (C=O) groups is 2. The summed E-state index contributed by atoms with van der Waals surface area (Å²) in [7, 11) is -4.01. The van der Waals surface area contributed by atoms with Gasteiger partial charge < -0.3 is 31.3 Å². The monoisotopic (exact) mass is 283 g/mol. The summed E-state index contributed by atoms with van der Waals surface area (Å²) in [5, 5.41) is 10.7. The average Bonchev–Trinajstić information content (AvgIpc) is 2.25. The third kappa shape index (κ3) is 5.56. The average molecular weight is 283 g/mol. The fourth-order valence-corrected chi connectivity index (χ4v) is 1.37. The predicted octanol–water partition coefficient (Wildman–Crippen LogP) is -1.59. The summed E-state index contributed by atoms with van der Waals surface area (Å²) in [6.45, 7) is 2.00. The molecule has 10 heteroatoms. The van der Waals surface area contributed by atoms with Crippen LogP contribution in [0.3, 0.4) is 0 Å². The normalized spacial score (nSPS) is 19.4. The Bertz CT molecular complexity index is 361. The van der Waals surface area contributed by atoms with Gasteiger partial charge in [0, 0.05) is 0 Å². The Balaban J connectivity index is 4.26. The first-order valence-corrected chi connectivity index (χ1v) is 6.74. The van der Waals surface area contributed by atoms with E-state index < -0.39 is 43.9 Å². The van der Waals surface area contributed by atoms with Crippen molar-refractivity contribution in [3.05, 3.63) is 0 Å². The number of rotatable bonds is 7. The van der Waals surface area contributed by atoms with Gasteiger partial charge in [-0.2, -0.15) is 0 Å². The van der Waals surface area contributed by atoms with Crippen molar-refractivity contribution >= 4 is 19.5 Å². The van der Waals surface area contributed by atoms with Crippen LogP contribution in [0.2, 0.25) is 0 Å². The molecule has 4 atom stereocenters. The maximum Gasteiger partial charge on any atom is 0.344 e. The molecule has 0 aliphatic carbocycles. The largest absolute Gasteiger partial charge is 0.480 e. The second-order valence-electron chi connectivity index (χ2n) is 3.78. The van der Waals surface area contributed by atoms with E-state index in [0.717, 1.165) is 0 Å². The first-order chi connectivity index (χ1) is 8.08. The lowest BCUT2D eigenvalue weighted by atomic mass is 10.2. The lowest BCUT2D eigenvalue weighted by molar-refractivity contribution is -0.141. The van der Waals surface area contributed by atoms with Crippen LogP contribution in [0, 0.1) is 0 Å². The van der Waals surface area contributed by atoms with E-state index in [1.165, 1.54) is 13.8 Å². The summed E-state index contributed by atoms with van der Waals surface area (Å²) in [5.74, 6) is -3.12. The van der Waals surface area contributed by atoms with Crippen molar-refractivity contribution < 1.29 is 28.7 Å². The summed E-state index contributed by atoms with van der Waals surface area (Å²) < 4.78 is 15.9. The molecule has 0 saturated heterocycles. The maximum absolute atomic E-state index is 11.4. The van der Waals surface area contributed by atoms with E-state index in [9.17, 15) is 19.0 Å². The molecule has 0 saturated carbocycles. The van der Waals surface area contributed by atoms with E-state index in [1.807, 2.05) is 0 Å². The van der Waals surface area contributed by atoms with Crippen molar-refractivity contribution in [2.24, 2.45) is 11.5 Å². The molecule has 1 amide bonds. The minimum atomic E-state index is -4.01. The zero-order valence-electron chi connectivity index (χ0n) is 10.1. The number of aliphatic carboxylic acids is 1. The fourth-order valence-electron chi connectivity index (χ4n) is 0.763. The van der Waals surface area contributed by atoms with Crippen LogP contribution in [0.1, 0.15) is 13.8 Å². The molecule has 0 rings (SSSR count). The van der Waals surface area contributed by atoms with Crippen molar-refractivity contribution in [1.82, 2.24) is 5.32 Å². The minimum absolute atomic E-state index is 0.534. The third-order valence-corrected chi connectivity index (χ3v) is 3.57. The van der Waals surface area contributed by atoms with E-state index in [0.29, 0.717) is 0 Å². The highest BCUT2D eigenvalue weighted by molar-refractivity contribution is 7.53. The lowest BCUT2D eigenvalue weighted by Gasteiger charge is -2.19. The number of nitrogens with one attached hydrogen (secondary N) is 1.